The number of ether oxygens (including phenoxy) is 1. The van der Waals surface area contributed by atoms with Crippen molar-refractivity contribution in [3.8, 4) is 5.75 Å². The van der Waals surface area contributed by atoms with Gasteiger partial charge >= 0.3 is 0 Å². The normalized spacial score (nSPS) is 12.2. The van der Waals surface area contributed by atoms with Gasteiger partial charge in [0.2, 0.25) is 0 Å². The maximum atomic E-state index is 12.9. The van der Waals surface area contributed by atoms with Crippen molar-refractivity contribution in [1.82, 2.24) is 0 Å². The van der Waals surface area contributed by atoms with Gasteiger partial charge in [0.25, 0.3) is 0 Å². The average molecular weight is 273 g/mol. The lowest BCUT2D eigenvalue weighted by Gasteiger charge is -2.17. The van der Waals surface area contributed by atoms with Crippen molar-refractivity contribution in [1.29, 1.82) is 0 Å². The number of benzene rings is 2. The molecule has 0 fully saturated rings. The summed E-state index contributed by atoms with van der Waals surface area (Å²) in [6, 6.07) is 12.7. The van der Waals surface area contributed by atoms with Gasteiger partial charge in [-0.3, -0.25) is 0 Å². The molecule has 0 aromatic heterocycles. The highest BCUT2D eigenvalue weighted by atomic mass is 19.1. The molecule has 3 heteroatoms. The van der Waals surface area contributed by atoms with Crippen molar-refractivity contribution in [3.63, 3.8) is 0 Å². The number of methoxy groups -OCH3 is 1. The van der Waals surface area contributed by atoms with Crippen molar-refractivity contribution in [2.45, 2.75) is 19.3 Å². The maximum absolute atomic E-state index is 12.9. The highest BCUT2D eigenvalue weighted by molar-refractivity contribution is 5.38. The van der Waals surface area contributed by atoms with Crippen LogP contribution < -0.4 is 10.5 Å². The molecule has 0 heterocycles. The standard InChI is InChI=1S/C17H20FNO/c1-12-9-14(5-8-17(12)20-2)15(11-19)10-13-3-6-16(18)7-4-13/h3-9,15H,10-11,19H2,1-2H3. The molecule has 2 rings (SSSR count). The summed E-state index contributed by atoms with van der Waals surface area (Å²) in [6.45, 7) is 2.58. The second-order valence-electron chi connectivity index (χ2n) is 4.99. The van der Waals surface area contributed by atoms with E-state index in [0.717, 1.165) is 23.3 Å². The van der Waals surface area contributed by atoms with Gasteiger partial charge in [-0.1, -0.05) is 24.3 Å². The highest BCUT2D eigenvalue weighted by Crippen LogP contribution is 2.25. The van der Waals surface area contributed by atoms with Gasteiger partial charge in [-0.05, 0) is 54.8 Å². The first-order valence-electron chi connectivity index (χ1n) is 6.73. The van der Waals surface area contributed by atoms with E-state index >= 15 is 0 Å². The zero-order valence-electron chi connectivity index (χ0n) is 11.9. The molecule has 0 amide bonds. The van der Waals surface area contributed by atoms with E-state index in [4.69, 9.17) is 10.5 Å². The van der Waals surface area contributed by atoms with E-state index in [1.165, 1.54) is 17.7 Å². The van der Waals surface area contributed by atoms with Crippen molar-refractivity contribution in [2.75, 3.05) is 13.7 Å². The zero-order valence-corrected chi connectivity index (χ0v) is 11.9. The topological polar surface area (TPSA) is 35.2 Å². The second-order valence-corrected chi connectivity index (χ2v) is 4.99. The van der Waals surface area contributed by atoms with Crippen LogP contribution in [-0.2, 0) is 6.42 Å². The summed E-state index contributed by atoms with van der Waals surface area (Å²) in [4.78, 5) is 0. The molecule has 2 N–H and O–H groups in total. The number of rotatable bonds is 5. The van der Waals surface area contributed by atoms with Gasteiger partial charge in [-0.15, -0.1) is 0 Å². The van der Waals surface area contributed by atoms with E-state index in [1.807, 2.05) is 31.2 Å². The lowest BCUT2D eigenvalue weighted by molar-refractivity contribution is 0.411. The van der Waals surface area contributed by atoms with Gasteiger partial charge in [0.15, 0.2) is 0 Å². The molecular weight excluding hydrogens is 253 g/mol. The molecule has 106 valence electrons. The van der Waals surface area contributed by atoms with E-state index in [-0.39, 0.29) is 11.7 Å². The molecule has 2 aromatic rings. The second kappa shape index (κ2) is 6.53. The summed E-state index contributed by atoms with van der Waals surface area (Å²) in [6.07, 6.45) is 0.808. The van der Waals surface area contributed by atoms with Crippen LogP contribution in [0.25, 0.3) is 0 Å². The van der Waals surface area contributed by atoms with Crippen molar-refractivity contribution >= 4 is 0 Å². The Hall–Kier alpha value is -1.87. The van der Waals surface area contributed by atoms with Gasteiger partial charge in [-0.25, -0.2) is 4.39 Å². The predicted octanol–water partition coefficient (Wildman–Crippen LogP) is 3.43. The smallest absolute Gasteiger partial charge is 0.123 e. The summed E-state index contributed by atoms with van der Waals surface area (Å²) in [5.41, 5.74) is 9.28. The summed E-state index contributed by atoms with van der Waals surface area (Å²) >= 11 is 0. The SMILES string of the molecule is COc1ccc(C(CN)Cc2ccc(F)cc2)cc1C. The molecule has 0 aliphatic rings. The Bertz CT molecular complexity index is 566. The highest BCUT2D eigenvalue weighted by Gasteiger charge is 2.12. The van der Waals surface area contributed by atoms with Crippen molar-refractivity contribution in [3.05, 3.63) is 65.0 Å². The van der Waals surface area contributed by atoms with Crippen LogP contribution in [-0.4, -0.2) is 13.7 Å². The van der Waals surface area contributed by atoms with Gasteiger partial charge in [0.05, 0.1) is 7.11 Å². The number of aryl methyl sites for hydroxylation is 1. The van der Waals surface area contributed by atoms with E-state index in [0.29, 0.717) is 6.54 Å². The lowest BCUT2D eigenvalue weighted by atomic mass is 9.91. The molecule has 0 spiro atoms. The maximum Gasteiger partial charge on any atom is 0.123 e. The third-order valence-electron chi connectivity index (χ3n) is 3.57. The molecule has 2 nitrogen and oxygen atoms in total. The molecule has 0 aliphatic carbocycles. The first-order valence-corrected chi connectivity index (χ1v) is 6.73. The van der Waals surface area contributed by atoms with Crippen molar-refractivity contribution < 1.29 is 9.13 Å². The fourth-order valence-electron chi connectivity index (χ4n) is 2.40. The fourth-order valence-corrected chi connectivity index (χ4v) is 2.40. The Morgan fingerprint density at radius 3 is 2.40 bits per heavy atom. The molecule has 0 saturated heterocycles. The Morgan fingerprint density at radius 2 is 1.85 bits per heavy atom. The van der Waals surface area contributed by atoms with Gasteiger partial charge < -0.3 is 10.5 Å². The van der Waals surface area contributed by atoms with E-state index in [2.05, 4.69) is 6.07 Å². The van der Waals surface area contributed by atoms with Crippen LogP contribution in [0, 0.1) is 12.7 Å². The number of halogens is 1. The third kappa shape index (κ3) is 3.36. The summed E-state index contributed by atoms with van der Waals surface area (Å²) in [5.74, 6) is 0.898. The average Bonchev–Trinajstić information content (AvgIpc) is 2.46. The van der Waals surface area contributed by atoms with Crippen LogP contribution in [0.3, 0.4) is 0 Å². The number of hydrogen-bond donors (Lipinski definition) is 1. The molecule has 0 aliphatic heterocycles. The van der Waals surface area contributed by atoms with E-state index < -0.39 is 0 Å². The molecular formula is C17H20FNO. The third-order valence-corrected chi connectivity index (χ3v) is 3.57. The number of hydrogen-bond acceptors (Lipinski definition) is 2. The zero-order chi connectivity index (χ0) is 14.5. The largest absolute Gasteiger partial charge is 0.496 e. The fraction of sp³-hybridized carbons (Fsp3) is 0.294. The molecule has 0 bridgehead atoms. The first-order chi connectivity index (χ1) is 9.63. The molecule has 2 aromatic carbocycles. The van der Waals surface area contributed by atoms with Crippen molar-refractivity contribution in [2.24, 2.45) is 5.73 Å². The lowest BCUT2D eigenvalue weighted by Crippen LogP contribution is -2.15. The molecule has 0 saturated carbocycles. The minimum Gasteiger partial charge on any atom is -0.496 e. The monoisotopic (exact) mass is 273 g/mol. The van der Waals surface area contributed by atoms with Crippen LogP contribution in [0.5, 0.6) is 5.75 Å². The van der Waals surface area contributed by atoms with Crippen LogP contribution >= 0.6 is 0 Å². The van der Waals surface area contributed by atoms with Gasteiger partial charge in [-0.2, -0.15) is 0 Å². The van der Waals surface area contributed by atoms with E-state index in [1.54, 1.807) is 7.11 Å². The van der Waals surface area contributed by atoms with Crippen LogP contribution in [0.15, 0.2) is 42.5 Å². The number of nitrogens with two attached hydrogens (primary N) is 1. The minimum absolute atomic E-state index is 0.210. The summed E-state index contributed by atoms with van der Waals surface area (Å²) in [7, 11) is 1.67. The quantitative estimate of drug-likeness (QED) is 0.906. The predicted molar refractivity (Wildman–Crippen MR) is 79.6 cm³/mol. The molecule has 20 heavy (non-hydrogen) atoms. The van der Waals surface area contributed by atoms with Gasteiger partial charge in [0.1, 0.15) is 11.6 Å². The van der Waals surface area contributed by atoms with Crippen LogP contribution in [0.2, 0.25) is 0 Å². The molecule has 1 atom stereocenters. The van der Waals surface area contributed by atoms with E-state index in [9.17, 15) is 4.39 Å². The Labute approximate surface area is 119 Å². The summed E-state index contributed by atoms with van der Waals surface area (Å²) < 4.78 is 18.2. The first kappa shape index (κ1) is 14.5. The van der Waals surface area contributed by atoms with Gasteiger partial charge in [0, 0.05) is 5.92 Å². The Kier molecular flexibility index (Phi) is 4.74. The molecule has 1 unspecified atom stereocenters. The molecule has 0 radical (unpaired) electrons. The summed E-state index contributed by atoms with van der Waals surface area (Å²) in [5, 5.41) is 0. The van der Waals surface area contributed by atoms with Crippen LogP contribution in [0.4, 0.5) is 4.39 Å². The van der Waals surface area contributed by atoms with Crippen LogP contribution in [0.1, 0.15) is 22.6 Å². The Balaban J connectivity index is 2.19. The Morgan fingerprint density at radius 1 is 1.15 bits per heavy atom. The minimum atomic E-state index is -0.210.